The molecule has 0 spiro atoms. The van der Waals surface area contributed by atoms with Gasteiger partial charge in [0.05, 0.1) is 15.5 Å². The summed E-state index contributed by atoms with van der Waals surface area (Å²) in [5.74, 6) is 2.17. The molecule has 1 amide bonds. The number of carbonyl (C=O) groups is 1. The van der Waals surface area contributed by atoms with E-state index in [0.717, 1.165) is 0 Å². The second-order valence-corrected chi connectivity index (χ2v) is 16.1. The predicted octanol–water partition coefficient (Wildman–Crippen LogP) is 3.77. The Morgan fingerprint density at radius 2 is 1.96 bits per heavy atom. The first-order chi connectivity index (χ1) is 12.6. The highest BCUT2D eigenvalue weighted by molar-refractivity contribution is 7.94. The van der Waals surface area contributed by atoms with Gasteiger partial charge in [0, 0.05) is 11.1 Å². The van der Waals surface area contributed by atoms with Crippen LogP contribution in [0.2, 0.25) is 19.6 Å². The third-order valence-corrected chi connectivity index (χ3v) is 8.28. The van der Waals surface area contributed by atoms with Crippen LogP contribution in [0.25, 0.3) is 0 Å². The monoisotopic (exact) mass is 423 g/mol. The molecule has 1 aromatic rings. The van der Waals surface area contributed by atoms with Gasteiger partial charge in [-0.15, -0.1) is 5.54 Å². The number of amidine groups is 1. The lowest BCUT2D eigenvalue weighted by atomic mass is 9.92. The molecule has 2 rings (SSSR count). The maximum absolute atomic E-state index is 14.7. The van der Waals surface area contributed by atoms with Gasteiger partial charge in [0.15, 0.2) is 0 Å². The third kappa shape index (κ3) is 4.44. The summed E-state index contributed by atoms with van der Waals surface area (Å²) in [6.45, 7) is 10.9. The molecular formula is C19H26FN3O3SSi. The van der Waals surface area contributed by atoms with Gasteiger partial charge in [-0.2, -0.15) is 0 Å². The van der Waals surface area contributed by atoms with E-state index < -0.39 is 40.0 Å². The number of benzene rings is 1. The largest absolute Gasteiger partial charge is 0.465 e. The average molecular weight is 424 g/mol. The van der Waals surface area contributed by atoms with Crippen LogP contribution in [0.3, 0.4) is 0 Å². The average Bonchev–Trinajstić information content (AvgIpc) is 2.50. The van der Waals surface area contributed by atoms with E-state index in [1.54, 1.807) is 19.1 Å². The number of aliphatic imine (C=N–C) groups is 1. The highest BCUT2D eigenvalue weighted by atomic mass is 32.2. The van der Waals surface area contributed by atoms with E-state index in [4.69, 9.17) is 9.89 Å². The van der Waals surface area contributed by atoms with Crippen molar-refractivity contribution in [2.24, 2.45) is 4.99 Å². The van der Waals surface area contributed by atoms with Crippen LogP contribution in [0.4, 0.5) is 9.18 Å². The fraction of sp³-hybridized carbons (Fsp3) is 0.474. The summed E-state index contributed by atoms with van der Waals surface area (Å²) in [6, 6.07) is 4.40. The van der Waals surface area contributed by atoms with E-state index in [9.17, 15) is 13.4 Å². The van der Waals surface area contributed by atoms with Crippen molar-refractivity contribution in [2.75, 3.05) is 5.75 Å². The van der Waals surface area contributed by atoms with Gasteiger partial charge in [-0.05, 0) is 39.0 Å². The zero-order chi connectivity index (χ0) is 21.5. The van der Waals surface area contributed by atoms with Crippen LogP contribution < -0.4 is 5.32 Å². The smallest absolute Gasteiger partial charge is 0.410 e. The van der Waals surface area contributed by atoms with Crippen LogP contribution in [0.15, 0.2) is 23.2 Å². The van der Waals surface area contributed by atoms with Crippen molar-refractivity contribution in [3.05, 3.63) is 35.1 Å². The number of hydrogen-bond acceptors (Lipinski definition) is 4. The van der Waals surface area contributed by atoms with E-state index in [2.05, 4.69) is 41.4 Å². The van der Waals surface area contributed by atoms with Gasteiger partial charge in [0.25, 0.3) is 0 Å². The molecule has 0 aliphatic carbocycles. The van der Waals surface area contributed by atoms with Gasteiger partial charge >= 0.3 is 6.09 Å². The fourth-order valence-electron chi connectivity index (χ4n) is 2.84. The summed E-state index contributed by atoms with van der Waals surface area (Å²) in [6.07, 6.45) is -1.37. The zero-order valence-electron chi connectivity index (χ0n) is 16.9. The first-order valence-corrected chi connectivity index (χ1v) is 14.0. The summed E-state index contributed by atoms with van der Waals surface area (Å²) in [5, 5.41) is 11.3. The van der Waals surface area contributed by atoms with Crippen LogP contribution in [-0.2, 0) is 15.3 Å². The quantitative estimate of drug-likeness (QED) is 0.473. The Hall–Kier alpha value is -2.18. The topological polar surface area (TPSA) is 103 Å². The Labute approximate surface area is 166 Å². The standard InChI is InChI=1S/C19H26FN3O3SSi/c1-18(2)16(22-17(24)25)23-19(3,12-27(18,21)26)14-11-13(7-8-15(14)20)9-10-28(4,5)6/h7-8,11,21H,12H2,1-6H3,(H,22,23)(H,24,25)/t19-,27+/m0/s1. The van der Waals surface area contributed by atoms with Crippen molar-refractivity contribution in [1.29, 1.82) is 4.78 Å². The lowest BCUT2D eigenvalue weighted by Gasteiger charge is -2.40. The minimum atomic E-state index is -3.33. The summed E-state index contributed by atoms with van der Waals surface area (Å²) >= 11 is 0. The second kappa shape index (κ2) is 7.01. The van der Waals surface area contributed by atoms with Crippen molar-refractivity contribution in [3.63, 3.8) is 0 Å². The van der Waals surface area contributed by atoms with E-state index in [1.807, 2.05) is 0 Å². The molecule has 28 heavy (non-hydrogen) atoms. The Morgan fingerprint density at radius 3 is 2.50 bits per heavy atom. The molecule has 6 nitrogen and oxygen atoms in total. The van der Waals surface area contributed by atoms with E-state index in [1.165, 1.54) is 19.9 Å². The molecule has 9 heteroatoms. The molecule has 2 atom stereocenters. The molecular weight excluding hydrogens is 397 g/mol. The van der Waals surface area contributed by atoms with Gasteiger partial charge in [-0.3, -0.25) is 15.1 Å². The first-order valence-electron chi connectivity index (χ1n) is 8.77. The summed E-state index contributed by atoms with van der Waals surface area (Å²) in [5.41, 5.74) is 2.61. The molecule has 1 heterocycles. The van der Waals surface area contributed by atoms with Crippen LogP contribution >= 0.6 is 0 Å². The van der Waals surface area contributed by atoms with Crippen molar-refractivity contribution in [1.82, 2.24) is 5.32 Å². The molecule has 0 aromatic heterocycles. The summed E-state index contributed by atoms with van der Waals surface area (Å²) in [7, 11) is -4.96. The van der Waals surface area contributed by atoms with Gasteiger partial charge < -0.3 is 5.11 Å². The minimum absolute atomic E-state index is 0.105. The maximum Gasteiger partial charge on any atom is 0.410 e. The Bertz CT molecular complexity index is 1020. The SMILES string of the molecule is CC1(C)C(NC(=O)O)=N[C@](C)(c2cc(C#C[Si](C)(C)C)ccc2F)C[S@@]1(=N)=O. The second-order valence-electron chi connectivity index (χ2n) is 8.69. The molecule has 1 aliphatic heterocycles. The number of halogens is 1. The minimum Gasteiger partial charge on any atom is -0.465 e. The van der Waals surface area contributed by atoms with Gasteiger partial charge in [-0.1, -0.05) is 25.6 Å². The van der Waals surface area contributed by atoms with Crippen LogP contribution in [0, 0.1) is 22.1 Å². The van der Waals surface area contributed by atoms with Gasteiger partial charge in [-0.25, -0.2) is 13.4 Å². The highest BCUT2D eigenvalue weighted by Crippen LogP contribution is 2.38. The summed E-state index contributed by atoms with van der Waals surface area (Å²) < 4.78 is 34.9. The molecule has 152 valence electrons. The lowest BCUT2D eigenvalue weighted by Crippen LogP contribution is -2.57. The Balaban J connectivity index is 2.68. The number of carboxylic acid groups (broad SMARTS) is 1. The molecule has 0 saturated heterocycles. The van der Waals surface area contributed by atoms with Gasteiger partial charge in [0.1, 0.15) is 30.0 Å². The molecule has 1 aromatic carbocycles. The molecule has 0 fully saturated rings. The molecule has 0 radical (unpaired) electrons. The number of nitrogens with zero attached hydrogens (tertiary/aromatic N) is 1. The van der Waals surface area contributed by atoms with Crippen molar-refractivity contribution < 1.29 is 18.5 Å². The van der Waals surface area contributed by atoms with Crippen molar-refractivity contribution in [2.45, 2.75) is 50.7 Å². The predicted molar refractivity (Wildman–Crippen MR) is 112 cm³/mol. The van der Waals surface area contributed by atoms with E-state index >= 15 is 0 Å². The van der Waals surface area contributed by atoms with Crippen LogP contribution in [-0.4, -0.2) is 39.8 Å². The van der Waals surface area contributed by atoms with Crippen LogP contribution in [0.5, 0.6) is 0 Å². The number of nitrogens with one attached hydrogen (secondary N) is 2. The van der Waals surface area contributed by atoms with Gasteiger partial charge in [0.2, 0.25) is 0 Å². The van der Waals surface area contributed by atoms with E-state index in [0.29, 0.717) is 5.56 Å². The van der Waals surface area contributed by atoms with Crippen molar-refractivity contribution >= 4 is 29.7 Å². The molecule has 0 saturated carbocycles. The van der Waals surface area contributed by atoms with Crippen molar-refractivity contribution in [3.8, 4) is 11.5 Å². The third-order valence-electron chi connectivity index (χ3n) is 4.59. The number of amides is 1. The van der Waals surface area contributed by atoms with E-state index in [-0.39, 0.29) is 17.2 Å². The molecule has 0 bridgehead atoms. The maximum atomic E-state index is 14.7. The molecule has 0 unspecified atom stereocenters. The number of rotatable bonds is 1. The molecule has 3 N–H and O–H groups in total. The zero-order valence-corrected chi connectivity index (χ0v) is 18.8. The summed E-state index contributed by atoms with van der Waals surface area (Å²) in [4.78, 5) is 15.6. The first kappa shape index (κ1) is 22.1. The Kier molecular flexibility index (Phi) is 5.53. The Morgan fingerprint density at radius 1 is 1.36 bits per heavy atom. The fourth-order valence-corrected chi connectivity index (χ4v) is 5.14. The lowest BCUT2D eigenvalue weighted by molar-refractivity contribution is 0.199. The highest BCUT2D eigenvalue weighted by Gasteiger charge is 2.48. The number of hydrogen-bond donors (Lipinski definition) is 3. The molecule has 1 aliphatic rings. The van der Waals surface area contributed by atoms with Crippen LogP contribution in [0.1, 0.15) is 31.9 Å². The normalized spacial score (nSPS) is 26.6.